The summed E-state index contributed by atoms with van der Waals surface area (Å²) in [5, 5.41) is 3.64. The molecule has 0 saturated heterocycles. The van der Waals surface area contributed by atoms with Crippen LogP contribution in [0.3, 0.4) is 0 Å². The van der Waals surface area contributed by atoms with Gasteiger partial charge in [0.1, 0.15) is 13.2 Å². The number of hydrogen-bond donors (Lipinski definition) is 2. The van der Waals surface area contributed by atoms with Crippen LogP contribution in [0.4, 0.5) is 0 Å². The Hall–Kier alpha value is -0.240. The number of phosphoric ester groups is 1. The molecule has 0 aliphatic heterocycles. The lowest BCUT2D eigenvalue weighted by Crippen LogP contribution is -2.40. The van der Waals surface area contributed by atoms with Crippen LogP contribution in [0.2, 0.25) is 0 Å². The molecule has 0 heterocycles. The van der Waals surface area contributed by atoms with Crippen molar-refractivity contribution in [3.05, 3.63) is 0 Å². The number of likely N-dealkylation sites (N-methyl/N-ethyl adjacent to an activating group) is 1. The van der Waals surface area contributed by atoms with E-state index in [1.807, 2.05) is 26.0 Å². The second kappa shape index (κ2) is 22.7. The van der Waals surface area contributed by atoms with E-state index in [9.17, 15) is 9.46 Å². The van der Waals surface area contributed by atoms with Crippen LogP contribution in [0.5, 0.6) is 0 Å². The van der Waals surface area contributed by atoms with E-state index in [1.165, 1.54) is 96.3 Å². The first-order valence-electron chi connectivity index (χ1n) is 14.5. The molecule has 0 fully saturated rings. The van der Waals surface area contributed by atoms with Crippen molar-refractivity contribution in [2.75, 3.05) is 61.0 Å². The van der Waals surface area contributed by atoms with Crippen LogP contribution in [-0.4, -0.2) is 80.4 Å². The third-order valence-electron chi connectivity index (χ3n) is 6.41. The zero-order chi connectivity index (χ0) is 27.1. The molecule has 0 rings (SSSR count). The van der Waals surface area contributed by atoms with E-state index in [1.54, 1.807) is 7.05 Å². The second-order valence-electron chi connectivity index (χ2n) is 11.0. The standard InChI is InChI=1S/C27H58N3O4PS/c1-6-7-8-9-10-11-12-13-14-15-16-17-18-19-20-21-22-29(27(36)28-2)23-25-33-35(31,32)34-26-24-30(3,4)5/h6-26H2,1-5H3,(H-,28,31,32,36)/p+1. The van der Waals surface area contributed by atoms with E-state index in [0.717, 1.165) is 13.0 Å². The molecule has 0 aliphatic rings. The number of hydrogen-bond acceptors (Lipinski definition) is 4. The van der Waals surface area contributed by atoms with Gasteiger partial charge in [-0.1, -0.05) is 103 Å². The number of unbranched alkanes of at least 4 members (excludes halogenated alkanes) is 15. The number of phosphoric acid groups is 1. The Morgan fingerprint density at radius 3 is 1.61 bits per heavy atom. The van der Waals surface area contributed by atoms with Gasteiger partial charge in [-0.3, -0.25) is 9.05 Å². The van der Waals surface area contributed by atoms with Crippen molar-refractivity contribution in [2.24, 2.45) is 0 Å². The summed E-state index contributed by atoms with van der Waals surface area (Å²) < 4.78 is 23.0. The molecule has 36 heavy (non-hydrogen) atoms. The topological polar surface area (TPSA) is 71.0 Å². The van der Waals surface area contributed by atoms with Crippen LogP contribution in [-0.2, 0) is 13.6 Å². The molecule has 7 nitrogen and oxygen atoms in total. The van der Waals surface area contributed by atoms with Gasteiger partial charge >= 0.3 is 7.82 Å². The Kier molecular flexibility index (Phi) is 22.6. The van der Waals surface area contributed by atoms with E-state index in [2.05, 4.69) is 12.2 Å². The van der Waals surface area contributed by atoms with E-state index in [0.29, 0.717) is 22.7 Å². The minimum atomic E-state index is -4.04. The monoisotopic (exact) mass is 552 g/mol. The van der Waals surface area contributed by atoms with Crippen LogP contribution in [0, 0.1) is 0 Å². The summed E-state index contributed by atoms with van der Waals surface area (Å²) in [6, 6.07) is 0. The van der Waals surface area contributed by atoms with E-state index >= 15 is 0 Å². The van der Waals surface area contributed by atoms with Gasteiger partial charge in [-0.2, -0.15) is 0 Å². The summed E-state index contributed by atoms with van der Waals surface area (Å²) in [5.41, 5.74) is 0. The minimum absolute atomic E-state index is 0.0961. The van der Waals surface area contributed by atoms with Gasteiger partial charge in [-0.15, -0.1) is 0 Å². The van der Waals surface area contributed by atoms with Crippen LogP contribution in [0.15, 0.2) is 0 Å². The molecular weight excluding hydrogens is 493 g/mol. The van der Waals surface area contributed by atoms with Crippen molar-refractivity contribution in [2.45, 2.75) is 110 Å². The SMILES string of the molecule is CCCCCCCCCCCCCCCCCCN(CCOP(=O)(O)OCC[N+](C)(C)C)C(=S)NC. The van der Waals surface area contributed by atoms with Gasteiger partial charge < -0.3 is 19.6 Å². The molecule has 216 valence electrons. The van der Waals surface area contributed by atoms with Crippen molar-refractivity contribution < 1.29 is 23.0 Å². The molecule has 1 atom stereocenters. The molecule has 1 unspecified atom stereocenters. The first-order chi connectivity index (χ1) is 17.1. The molecule has 0 spiro atoms. The van der Waals surface area contributed by atoms with E-state index in [-0.39, 0.29) is 13.2 Å². The second-order valence-corrected chi connectivity index (χ2v) is 12.8. The van der Waals surface area contributed by atoms with Crippen LogP contribution in [0.25, 0.3) is 0 Å². The zero-order valence-corrected chi connectivity index (χ0v) is 26.0. The lowest BCUT2D eigenvalue weighted by molar-refractivity contribution is -0.870. The first-order valence-corrected chi connectivity index (χ1v) is 16.4. The van der Waals surface area contributed by atoms with Crippen LogP contribution in [0.1, 0.15) is 110 Å². The predicted octanol–water partition coefficient (Wildman–Crippen LogP) is 6.89. The summed E-state index contributed by atoms with van der Waals surface area (Å²) in [5.74, 6) is 0. The molecule has 0 aromatic heterocycles. The van der Waals surface area contributed by atoms with Gasteiger partial charge in [0.25, 0.3) is 0 Å². The average Bonchev–Trinajstić information content (AvgIpc) is 2.81. The zero-order valence-electron chi connectivity index (χ0n) is 24.3. The number of thiocarbonyl (C=S) groups is 1. The molecule has 9 heteroatoms. The highest BCUT2D eigenvalue weighted by molar-refractivity contribution is 7.80. The molecule has 0 radical (unpaired) electrons. The van der Waals surface area contributed by atoms with Gasteiger partial charge in [-0.25, -0.2) is 4.57 Å². The Labute approximate surface area is 228 Å². The highest BCUT2D eigenvalue weighted by atomic mass is 32.1. The molecule has 0 amide bonds. The highest BCUT2D eigenvalue weighted by Gasteiger charge is 2.23. The molecule has 2 N–H and O–H groups in total. The van der Waals surface area contributed by atoms with Crippen LogP contribution >= 0.6 is 20.0 Å². The van der Waals surface area contributed by atoms with E-state index in [4.69, 9.17) is 21.3 Å². The van der Waals surface area contributed by atoms with Crippen molar-refractivity contribution >= 4 is 25.2 Å². The van der Waals surface area contributed by atoms with Crippen LogP contribution < -0.4 is 5.32 Å². The largest absolute Gasteiger partial charge is 0.472 e. The summed E-state index contributed by atoms with van der Waals surface area (Å²) >= 11 is 5.40. The highest BCUT2D eigenvalue weighted by Crippen LogP contribution is 2.42. The summed E-state index contributed by atoms with van der Waals surface area (Å²) in [4.78, 5) is 11.9. The predicted molar refractivity (Wildman–Crippen MR) is 157 cm³/mol. The third-order valence-corrected chi connectivity index (χ3v) is 7.89. The molecule has 0 aliphatic carbocycles. The Bertz CT molecular complexity index is 576. The quantitative estimate of drug-likeness (QED) is 0.0553. The molecule has 0 aromatic carbocycles. The normalized spacial score (nSPS) is 13.5. The Morgan fingerprint density at radius 1 is 0.778 bits per heavy atom. The van der Waals surface area contributed by atoms with Gasteiger partial charge in [0.2, 0.25) is 0 Å². The Balaban J connectivity index is 3.78. The average molecular weight is 553 g/mol. The summed E-state index contributed by atoms with van der Waals surface area (Å²) in [7, 11) is 3.77. The fourth-order valence-corrected chi connectivity index (χ4v) is 4.94. The lowest BCUT2D eigenvalue weighted by atomic mass is 10.0. The number of rotatable bonds is 25. The Morgan fingerprint density at radius 2 is 1.19 bits per heavy atom. The smallest absolute Gasteiger partial charge is 0.366 e. The fraction of sp³-hybridized carbons (Fsp3) is 0.963. The van der Waals surface area contributed by atoms with E-state index < -0.39 is 7.82 Å². The minimum Gasteiger partial charge on any atom is -0.366 e. The number of quaternary nitrogens is 1. The summed E-state index contributed by atoms with van der Waals surface area (Å²) in [6.45, 7) is 4.46. The van der Waals surface area contributed by atoms with Gasteiger partial charge in [0.15, 0.2) is 5.11 Å². The maximum Gasteiger partial charge on any atom is 0.472 e. The van der Waals surface area contributed by atoms with Gasteiger partial charge in [-0.05, 0) is 18.6 Å². The molecule has 0 bridgehead atoms. The number of nitrogens with zero attached hydrogens (tertiary/aromatic N) is 2. The molecule has 0 aromatic rings. The van der Waals surface area contributed by atoms with Crippen molar-refractivity contribution in [1.29, 1.82) is 0 Å². The van der Waals surface area contributed by atoms with Crippen molar-refractivity contribution in [3.8, 4) is 0 Å². The third kappa shape index (κ3) is 24.1. The summed E-state index contributed by atoms with van der Waals surface area (Å²) in [6.07, 6.45) is 21.5. The maximum absolute atomic E-state index is 12.1. The fourth-order valence-electron chi connectivity index (χ4n) is 4.06. The van der Waals surface area contributed by atoms with Crippen molar-refractivity contribution in [1.82, 2.24) is 10.2 Å². The lowest BCUT2D eigenvalue weighted by Gasteiger charge is -2.26. The molecular formula is C27H59N3O4PS+. The number of nitrogens with one attached hydrogen (secondary N) is 1. The first kappa shape index (κ1) is 35.8. The van der Waals surface area contributed by atoms with Crippen molar-refractivity contribution in [3.63, 3.8) is 0 Å². The van der Waals surface area contributed by atoms with Gasteiger partial charge in [0.05, 0.1) is 27.7 Å². The van der Waals surface area contributed by atoms with Gasteiger partial charge in [0, 0.05) is 20.1 Å². The molecule has 0 saturated carbocycles. The maximum atomic E-state index is 12.1.